The Morgan fingerprint density at radius 2 is 2.29 bits per heavy atom. The minimum atomic E-state index is -0.0941. The number of alkyl halides is 1. The number of hydrazine groups is 1. The van der Waals surface area contributed by atoms with Crippen LogP contribution in [0, 0.1) is 17.2 Å². The lowest BCUT2D eigenvalue weighted by atomic mass is 10.2. The molecule has 0 fully saturated rings. The number of hydrogen-bond acceptors (Lipinski definition) is 5. The zero-order valence-corrected chi connectivity index (χ0v) is 13.1. The fraction of sp³-hybridized carbons (Fsp3) is 0.571. The lowest BCUT2D eigenvalue weighted by Crippen LogP contribution is -2.45. The molecule has 0 atom stereocenters. The lowest BCUT2D eigenvalue weighted by Gasteiger charge is -2.23. The minimum Gasteiger partial charge on any atom is -0.273 e. The molecule has 0 bridgehead atoms. The highest BCUT2D eigenvalue weighted by Crippen LogP contribution is 2.11. The van der Waals surface area contributed by atoms with Crippen LogP contribution in [0.3, 0.4) is 0 Å². The number of amides is 1. The van der Waals surface area contributed by atoms with E-state index in [2.05, 4.69) is 15.4 Å². The number of halogens is 1. The van der Waals surface area contributed by atoms with Gasteiger partial charge in [0.05, 0.1) is 0 Å². The molecule has 0 saturated heterocycles. The topological polar surface area (TPSA) is 81.9 Å². The SMILES string of the molecule is CC(C)CNN(C(=O)CCCCCl)c1ccnc(C#N)n1. The van der Waals surface area contributed by atoms with Gasteiger partial charge < -0.3 is 0 Å². The van der Waals surface area contributed by atoms with E-state index in [1.807, 2.05) is 19.9 Å². The molecule has 0 aliphatic rings. The molecule has 1 aromatic heterocycles. The average molecular weight is 310 g/mol. The number of carbonyl (C=O) groups is 1. The van der Waals surface area contributed by atoms with Crippen LogP contribution in [-0.4, -0.2) is 28.3 Å². The van der Waals surface area contributed by atoms with E-state index in [1.165, 1.54) is 11.2 Å². The van der Waals surface area contributed by atoms with Crippen molar-refractivity contribution in [3.8, 4) is 6.07 Å². The summed E-state index contributed by atoms with van der Waals surface area (Å²) in [5.41, 5.74) is 3.06. The number of nitrogens with one attached hydrogen (secondary N) is 1. The molecule has 0 spiro atoms. The first-order chi connectivity index (χ1) is 10.1. The van der Waals surface area contributed by atoms with Crippen molar-refractivity contribution < 1.29 is 4.79 Å². The van der Waals surface area contributed by atoms with Gasteiger partial charge in [0.15, 0.2) is 5.82 Å². The number of nitriles is 1. The summed E-state index contributed by atoms with van der Waals surface area (Å²) in [6.45, 7) is 4.72. The Labute approximate surface area is 130 Å². The summed E-state index contributed by atoms with van der Waals surface area (Å²) in [6.07, 6.45) is 3.36. The predicted octanol–water partition coefficient (Wildman–Crippen LogP) is 2.25. The second-order valence-corrected chi connectivity index (χ2v) is 5.36. The van der Waals surface area contributed by atoms with Gasteiger partial charge in [0, 0.05) is 31.1 Å². The molecule has 1 heterocycles. The standard InChI is InChI=1S/C14H20ClN5O/c1-11(2)10-18-20(14(21)5-3-4-7-15)13-6-8-17-12(9-16)19-13/h6,8,11,18H,3-5,7,10H2,1-2H3. The number of carbonyl (C=O) groups excluding carboxylic acids is 1. The monoisotopic (exact) mass is 309 g/mol. The Morgan fingerprint density at radius 1 is 1.52 bits per heavy atom. The smallest absolute Gasteiger partial charge is 0.242 e. The van der Waals surface area contributed by atoms with Gasteiger partial charge in [0.25, 0.3) is 0 Å². The number of anilines is 1. The van der Waals surface area contributed by atoms with E-state index in [0.717, 1.165) is 12.8 Å². The summed E-state index contributed by atoms with van der Waals surface area (Å²) in [4.78, 5) is 20.2. The summed E-state index contributed by atoms with van der Waals surface area (Å²) in [5.74, 6) is 1.25. The molecule has 0 aliphatic carbocycles. The normalized spacial score (nSPS) is 10.4. The van der Waals surface area contributed by atoms with Gasteiger partial charge in [-0.3, -0.25) is 4.79 Å². The number of rotatable bonds is 8. The van der Waals surface area contributed by atoms with Gasteiger partial charge >= 0.3 is 0 Å². The highest BCUT2D eigenvalue weighted by atomic mass is 35.5. The number of unbranched alkanes of at least 4 members (excludes halogenated alkanes) is 1. The molecular weight excluding hydrogens is 290 g/mol. The molecule has 0 aliphatic heterocycles. The maximum atomic E-state index is 12.3. The fourth-order valence-electron chi connectivity index (χ4n) is 1.58. The zero-order chi connectivity index (χ0) is 15.7. The van der Waals surface area contributed by atoms with E-state index in [-0.39, 0.29) is 11.7 Å². The van der Waals surface area contributed by atoms with Crippen LogP contribution in [0.1, 0.15) is 38.9 Å². The molecule has 0 aromatic carbocycles. The van der Waals surface area contributed by atoms with Gasteiger partial charge in [-0.15, -0.1) is 11.6 Å². The second-order valence-electron chi connectivity index (χ2n) is 4.98. The first kappa shape index (κ1) is 17.3. The van der Waals surface area contributed by atoms with Gasteiger partial charge in [0.2, 0.25) is 11.7 Å². The van der Waals surface area contributed by atoms with Crippen molar-refractivity contribution in [1.82, 2.24) is 15.4 Å². The van der Waals surface area contributed by atoms with Crippen molar-refractivity contribution in [2.45, 2.75) is 33.1 Å². The third kappa shape index (κ3) is 6.06. The van der Waals surface area contributed by atoms with Crippen LogP contribution < -0.4 is 10.4 Å². The molecule has 0 unspecified atom stereocenters. The molecule has 1 N–H and O–H groups in total. The van der Waals surface area contributed by atoms with E-state index < -0.39 is 0 Å². The molecule has 1 aromatic rings. The highest BCUT2D eigenvalue weighted by Gasteiger charge is 2.17. The third-order valence-corrected chi connectivity index (χ3v) is 2.92. The average Bonchev–Trinajstić information content (AvgIpc) is 2.47. The van der Waals surface area contributed by atoms with E-state index >= 15 is 0 Å². The molecular formula is C14H20ClN5O. The van der Waals surface area contributed by atoms with Gasteiger partial charge in [-0.2, -0.15) is 10.2 Å². The Hall–Kier alpha value is -1.71. The Bertz CT molecular complexity index is 500. The molecule has 0 radical (unpaired) electrons. The maximum absolute atomic E-state index is 12.3. The molecule has 1 rings (SSSR count). The summed E-state index contributed by atoms with van der Waals surface area (Å²) >= 11 is 5.63. The van der Waals surface area contributed by atoms with E-state index in [1.54, 1.807) is 6.07 Å². The first-order valence-corrected chi connectivity index (χ1v) is 7.47. The van der Waals surface area contributed by atoms with Crippen molar-refractivity contribution in [1.29, 1.82) is 5.26 Å². The summed E-state index contributed by atoms with van der Waals surface area (Å²) < 4.78 is 0. The lowest BCUT2D eigenvalue weighted by molar-refractivity contribution is -0.119. The Morgan fingerprint density at radius 3 is 2.90 bits per heavy atom. The largest absolute Gasteiger partial charge is 0.273 e. The number of nitrogens with zero attached hydrogens (tertiary/aromatic N) is 4. The van der Waals surface area contributed by atoms with Gasteiger partial charge in [-0.25, -0.2) is 15.4 Å². The molecule has 6 nitrogen and oxygen atoms in total. The second kappa shape index (κ2) is 9.27. The minimum absolute atomic E-state index is 0.0393. The number of aromatic nitrogens is 2. The summed E-state index contributed by atoms with van der Waals surface area (Å²) in [5, 5.41) is 10.3. The van der Waals surface area contributed by atoms with Crippen LogP contribution in [0.15, 0.2) is 12.3 Å². The van der Waals surface area contributed by atoms with Crippen molar-refractivity contribution in [2.24, 2.45) is 5.92 Å². The Balaban J connectivity index is 2.84. The summed E-state index contributed by atoms with van der Waals surface area (Å²) in [6, 6.07) is 3.48. The van der Waals surface area contributed by atoms with Crippen molar-refractivity contribution in [2.75, 3.05) is 17.4 Å². The van der Waals surface area contributed by atoms with Crippen LogP contribution in [0.25, 0.3) is 0 Å². The predicted molar refractivity (Wildman–Crippen MR) is 81.6 cm³/mol. The molecule has 21 heavy (non-hydrogen) atoms. The van der Waals surface area contributed by atoms with Crippen molar-refractivity contribution in [3.05, 3.63) is 18.1 Å². The van der Waals surface area contributed by atoms with Crippen LogP contribution in [-0.2, 0) is 4.79 Å². The number of hydrogen-bond donors (Lipinski definition) is 1. The van der Waals surface area contributed by atoms with Crippen LogP contribution in [0.4, 0.5) is 5.82 Å². The van der Waals surface area contributed by atoms with Crippen LogP contribution >= 0.6 is 11.6 Å². The molecule has 0 saturated carbocycles. The third-order valence-electron chi connectivity index (χ3n) is 2.65. The maximum Gasteiger partial charge on any atom is 0.242 e. The highest BCUT2D eigenvalue weighted by molar-refractivity contribution is 6.17. The van der Waals surface area contributed by atoms with Crippen molar-refractivity contribution >= 4 is 23.3 Å². The Kier molecular flexibility index (Phi) is 7.65. The van der Waals surface area contributed by atoms with Gasteiger partial charge in [0.1, 0.15) is 6.07 Å². The van der Waals surface area contributed by atoms with Crippen molar-refractivity contribution in [3.63, 3.8) is 0 Å². The van der Waals surface area contributed by atoms with E-state index in [0.29, 0.717) is 30.6 Å². The molecule has 1 amide bonds. The van der Waals surface area contributed by atoms with E-state index in [4.69, 9.17) is 16.9 Å². The van der Waals surface area contributed by atoms with Crippen LogP contribution in [0.2, 0.25) is 0 Å². The fourth-order valence-corrected chi connectivity index (χ4v) is 1.77. The molecule has 114 valence electrons. The zero-order valence-electron chi connectivity index (χ0n) is 12.3. The van der Waals surface area contributed by atoms with Gasteiger partial charge in [-0.1, -0.05) is 13.8 Å². The molecule has 7 heteroatoms. The quantitative estimate of drug-likeness (QED) is 0.452. The summed E-state index contributed by atoms with van der Waals surface area (Å²) in [7, 11) is 0. The van der Waals surface area contributed by atoms with E-state index in [9.17, 15) is 4.79 Å². The van der Waals surface area contributed by atoms with Gasteiger partial charge in [-0.05, 0) is 18.8 Å². The first-order valence-electron chi connectivity index (χ1n) is 6.94. The van der Waals surface area contributed by atoms with Crippen LogP contribution in [0.5, 0.6) is 0 Å².